The van der Waals surface area contributed by atoms with Gasteiger partial charge in [-0.3, -0.25) is 0 Å². The molecule has 6 heteroatoms. The van der Waals surface area contributed by atoms with Crippen LogP contribution in [0.4, 0.5) is 0 Å². The summed E-state index contributed by atoms with van der Waals surface area (Å²) in [6.07, 6.45) is 4.36. The van der Waals surface area contributed by atoms with Crippen molar-refractivity contribution in [1.82, 2.24) is 9.97 Å². The minimum atomic E-state index is -0.101. The third-order valence-electron chi connectivity index (χ3n) is 3.13. The van der Waals surface area contributed by atoms with Gasteiger partial charge in [0.15, 0.2) is 16.7 Å². The number of benzene rings is 1. The Hall–Kier alpha value is -1.79. The fourth-order valence-corrected chi connectivity index (χ4v) is 2.82. The Morgan fingerprint density at radius 1 is 1.14 bits per heavy atom. The summed E-state index contributed by atoms with van der Waals surface area (Å²) < 4.78 is 11.3. The largest absolute Gasteiger partial charge is 0.490 e. The van der Waals surface area contributed by atoms with Crippen molar-refractivity contribution >= 4 is 11.8 Å². The zero-order chi connectivity index (χ0) is 14.5. The van der Waals surface area contributed by atoms with E-state index in [1.54, 1.807) is 30.2 Å². The van der Waals surface area contributed by atoms with Gasteiger partial charge in [-0.05, 0) is 23.8 Å². The first-order chi connectivity index (χ1) is 10.3. The molecule has 0 saturated heterocycles. The second-order valence-electron chi connectivity index (χ2n) is 4.71. The molecule has 1 atom stereocenters. The SMILES string of the molecule is NC(CSc1ncccn1)c1ccc2c(c1)OCCCO2. The zero-order valence-electron chi connectivity index (χ0n) is 11.6. The van der Waals surface area contributed by atoms with Gasteiger partial charge in [0, 0.05) is 30.6 Å². The molecular weight excluding hydrogens is 286 g/mol. The van der Waals surface area contributed by atoms with Crippen LogP contribution in [0.25, 0.3) is 0 Å². The number of hydrogen-bond acceptors (Lipinski definition) is 6. The summed E-state index contributed by atoms with van der Waals surface area (Å²) in [4.78, 5) is 8.36. The summed E-state index contributed by atoms with van der Waals surface area (Å²) in [5.74, 6) is 2.29. The second-order valence-corrected chi connectivity index (χ2v) is 5.69. The number of rotatable bonds is 4. The van der Waals surface area contributed by atoms with Crippen LogP contribution in [0, 0.1) is 0 Å². The smallest absolute Gasteiger partial charge is 0.187 e. The van der Waals surface area contributed by atoms with Crippen LogP contribution >= 0.6 is 11.8 Å². The van der Waals surface area contributed by atoms with E-state index in [1.165, 1.54) is 0 Å². The molecule has 0 amide bonds. The van der Waals surface area contributed by atoms with Crippen LogP contribution in [-0.2, 0) is 0 Å². The molecular formula is C15H17N3O2S. The molecule has 0 bridgehead atoms. The molecule has 2 heterocycles. The van der Waals surface area contributed by atoms with Crippen molar-refractivity contribution in [2.45, 2.75) is 17.6 Å². The van der Waals surface area contributed by atoms with Crippen LogP contribution in [0.2, 0.25) is 0 Å². The van der Waals surface area contributed by atoms with Crippen LogP contribution in [0.3, 0.4) is 0 Å². The van der Waals surface area contributed by atoms with Gasteiger partial charge in [0.05, 0.1) is 13.2 Å². The third kappa shape index (κ3) is 3.65. The van der Waals surface area contributed by atoms with Crippen molar-refractivity contribution in [1.29, 1.82) is 0 Å². The van der Waals surface area contributed by atoms with E-state index in [-0.39, 0.29) is 6.04 Å². The predicted molar refractivity (Wildman–Crippen MR) is 81.7 cm³/mol. The van der Waals surface area contributed by atoms with Gasteiger partial charge in [0.25, 0.3) is 0 Å². The average molecular weight is 303 g/mol. The Bertz CT molecular complexity index is 595. The lowest BCUT2D eigenvalue weighted by atomic mass is 10.1. The Morgan fingerprint density at radius 3 is 2.71 bits per heavy atom. The zero-order valence-corrected chi connectivity index (χ0v) is 12.4. The number of hydrogen-bond donors (Lipinski definition) is 1. The van der Waals surface area contributed by atoms with Gasteiger partial charge < -0.3 is 15.2 Å². The van der Waals surface area contributed by atoms with Crippen LogP contribution in [0.5, 0.6) is 11.5 Å². The fraction of sp³-hybridized carbons (Fsp3) is 0.333. The minimum Gasteiger partial charge on any atom is -0.490 e. The maximum atomic E-state index is 6.24. The van der Waals surface area contributed by atoms with Crippen LogP contribution in [0.1, 0.15) is 18.0 Å². The van der Waals surface area contributed by atoms with Crippen molar-refractivity contribution in [3.05, 3.63) is 42.2 Å². The van der Waals surface area contributed by atoms with E-state index in [9.17, 15) is 0 Å². The summed E-state index contributed by atoms with van der Waals surface area (Å²) >= 11 is 1.55. The molecule has 0 radical (unpaired) electrons. The monoisotopic (exact) mass is 303 g/mol. The Balaban J connectivity index is 1.67. The number of ether oxygens (including phenoxy) is 2. The molecule has 21 heavy (non-hydrogen) atoms. The van der Waals surface area contributed by atoms with E-state index >= 15 is 0 Å². The van der Waals surface area contributed by atoms with Crippen LogP contribution < -0.4 is 15.2 Å². The summed E-state index contributed by atoms with van der Waals surface area (Å²) in [5.41, 5.74) is 7.27. The quantitative estimate of drug-likeness (QED) is 0.691. The summed E-state index contributed by atoms with van der Waals surface area (Å²) in [5, 5.41) is 0.738. The highest BCUT2D eigenvalue weighted by molar-refractivity contribution is 7.99. The standard InChI is InChI=1S/C15H17N3O2S/c16-12(10-21-15-17-5-1-6-18-15)11-3-4-13-14(9-11)20-8-2-7-19-13/h1,3-6,9,12H,2,7-8,10,16H2. The molecule has 0 fully saturated rings. The van der Waals surface area contributed by atoms with Gasteiger partial charge in [0.2, 0.25) is 0 Å². The van der Waals surface area contributed by atoms with Crippen molar-refractivity contribution < 1.29 is 9.47 Å². The first-order valence-electron chi connectivity index (χ1n) is 6.88. The number of aromatic nitrogens is 2. The maximum Gasteiger partial charge on any atom is 0.187 e. The molecule has 1 aromatic heterocycles. The fourth-order valence-electron chi connectivity index (χ4n) is 2.03. The molecule has 1 aliphatic rings. The lowest BCUT2D eigenvalue weighted by Gasteiger charge is -2.14. The summed E-state index contributed by atoms with van der Waals surface area (Å²) in [6, 6.07) is 7.59. The predicted octanol–water partition coefficient (Wildman–Crippen LogP) is 2.43. The molecule has 1 unspecified atom stereocenters. The van der Waals surface area contributed by atoms with Crippen molar-refractivity contribution in [2.24, 2.45) is 5.73 Å². The van der Waals surface area contributed by atoms with Crippen molar-refractivity contribution in [3.8, 4) is 11.5 Å². The molecule has 2 aromatic rings. The molecule has 1 aliphatic heterocycles. The number of fused-ring (bicyclic) bond motifs is 1. The van der Waals surface area contributed by atoms with E-state index in [2.05, 4.69) is 9.97 Å². The normalized spacial score (nSPS) is 15.3. The number of thioether (sulfide) groups is 1. The highest BCUT2D eigenvalue weighted by atomic mass is 32.2. The molecule has 0 saturated carbocycles. The first-order valence-corrected chi connectivity index (χ1v) is 7.86. The Kier molecular flexibility index (Phi) is 4.57. The summed E-state index contributed by atoms with van der Waals surface area (Å²) in [6.45, 7) is 1.37. The van der Waals surface area contributed by atoms with Gasteiger partial charge >= 0.3 is 0 Å². The lowest BCUT2D eigenvalue weighted by Crippen LogP contribution is -2.13. The topological polar surface area (TPSA) is 70.3 Å². The van der Waals surface area contributed by atoms with Crippen LogP contribution in [-0.4, -0.2) is 28.9 Å². The highest BCUT2D eigenvalue weighted by Gasteiger charge is 2.14. The molecule has 3 rings (SSSR count). The van der Waals surface area contributed by atoms with Crippen LogP contribution in [0.15, 0.2) is 41.8 Å². The average Bonchev–Trinajstić information content (AvgIpc) is 2.78. The lowest BCUT2D eigenvalue weighted by molar-refractivity contribution is 0.297. The van der Waals surface area contributed by atoms with Crippen molar-refractivity contribution in [3.63, 3.8) is 0 Å². The molecule has 110 valence electrons. The van der Waals surface area contributed by atoms with E-state index < -0.39 is 0 Å². The van der Waals surface area contributed by atoms with Gasteiger partial charge in [0.1, 0.15) is 0 Å². The minimum absolute atomic E-state index is 0.101. The molecule has 5 nitrogen and oxygen atoms in total. The van der Waals surface area contributed by atoms with E-state index in [0.717, 1.165) is 28.6 Å². The number of nitrogens with zero attached hydrogens (tertiary/aromatic N) is 2. The first kappa shape index (κ1) is 14.2. The number of nitrogens with two attached hydrogens (primary N) is 1. The Morgan fingerprint density at radius 2 is 1.90 bits per heavy atom. The van der Waals surface area contributed by atoms with E-state index in [4.69, 9.17) is 15.2 Å². The summed E-state index contributed by atoms with van der Waals surface area (Å²) in [7, 11) is 0. The molecule has 0 aliphatic carbocycles. The highest BCUT2D eigenvalue weighted by Crippen LogP contribution is 2.32. The maximum absolute atomic E-state index is 6.24. The second kappa shape index (κ2) is 6.78. The van der Waals surface area contributed by atoms with Gasteiger partial charge in [-0.25, -0.2) is 9.97 Å². The molecule has 2 N–H and O–H groups in total. The Labute approximate surface area is 127 Å². The van der Waals surface area contributed by atoms with E-state index in [0.29, 0.717) is 19.0 Å². The van der Waals surface area contributed by atoms with Gasteiger partial charge in [-0.15, -0.1) is 0 Å². The third-order valence-corrected chi connectivity index (χ3v) is 4.13. The van der Waals surface area contributed by atoms with Gasteiger partial charge in [-0.2, -0.15) is 0 Å². The molecule has 0 spiro atoms. The van der Waals surface area contributed by atoms with Gasteiger partial charge in [-0.1, -0.05) is 17.8 Å². The van der Waals surface area contributed by atoms with Crippen molar-refractivity contribution in [2.75, 3.05) is 19.0 Å². The molecule has 1 aromatic carbocycles. The van der Waals surface area contributed by atoms with E-state index in [1.807, 2.05) is 18.2 Å².